The molecule has 1 aromatic rings. The van der Waals surface area contributed by atoms with E-state index in [1.807, 2.05) is 17.9 Å². The second kappa shape index (κ2) is 7.67. The van der Waals surface area contributed by atoms with Gasteiger partial charge in [-0.1, -0.05) is 27.7 Å². The van der Waals surface area contributed by atoms with Gasteiger partial charge in [-0.25, -0.2) is 0 Å². The molecule has 114 valence electrons. The molecule has 0 unspecified atom stereocenters. The van der Waals surface area contributed by atoms with Crippen LogP contribution in [-0.4, -0.2) is 23.9 Å². The van der Waals surface area contributed by atoms with Gasteiger partial charge < -0.3 is 10.6 Å². The molecule has 0 saturated carbocycles. The van der Waals surface area contributed by atoms with Crippen LogP contribution in [0.2, 0.25) is 0 Å². The Morgan fingerprint density at radius 2 is 1.70 bits per heavy atom. The number of aryl methyl sites for hydroxylation is 1. The molecule has 1 heterocycles. The van der Waals surface area contributed by atoms with Gasteiger partial charge in [0.1, 0.15) is 0 Å². The summed E-state index contributed by atoms with van der Waals surface area (Å²) in [4.78, 5) is 16.4. The molecule has 3 nitrogen and oxygen atoms in total. The fraction of sp³-hybridized carbons (Fsp3) is 0.688. The van der Waals surface area contributed by atoms with Crippen molar-refractivity contribution in [1.82, 2.24) is 4.90 Å². The zero-order valence-corrected chi connectivity index (χ0v) is 14.2. The number of carbonyl (C=O) groups is 1. The normalized spacial score (nSPS) is 11.3. The molecule has 0 bridgehead atoms. The van der Waals surface area contributed by atoms with E-state index in [0.29, 0.717) is 11.8 Å². The van der Waals surface area contributed by atoms with Crippen LogP contribution in [0.5, 0.6) is 0 Å². The maximum absolute atomic E-state index is 12.6. The Morgan fingerprint density at radius 1 is 1.20 bits per heavy atom. The van der Waals surface area contributed by atoms with Crippen LogP contribution in [0, 0.1) is 18.8 Å². The third-order valence-corrected chi connectivity index (χ3v) is 4.46. The second-order valence-electron chi connectivity index (χ2n) is 6.28. The minimum atomic E-state index is 0.135. The van der Waals surface area contributed by atoms with Gasteiger partial charge in [0.15, 0.2) is 0 Å². The number of nitrogen functional groups attached to an aromatic ring is 1. The topological polar surface area (TPSA) is 46.3 Å². The van der Waals surface area contributed by atoms with E-state index in [4.69, 9.17) is 5.73 Å². The second-order valence-corrected chi connectivity index (χ2v) is 7.54. The fourth-order valence-electron chi connectivity index (χ4n) is 1.90. The first-order chi connectivity index (χ1) is 9.31. The summed E-state index contributed by atoms with van der Waals surface area (Å²) < 4.78 is 0. The van der Waals surface area contributed by atoms with Crippen molar-refractivity contribution in [3.05, 3.63) is 15.8 Å². The molecule has 0 aliphatic carbocycles. The predicted molar refractivity (Wildman–Crippen MR) is 88.3 cm³/mol. The van der Waals surface area contributed by atoms with E-state index in [0.717, 1.165) is 41.4 Å². The van der Waals surface area contributed by atoms with Gasteiger partial charge >= 0.3 is 0 Å². The summed E-state index contributed by atoms with van der Waals surface area (Å²) in [5.74, 6) is 1.36. The zero-order valence-electron chi connectivity index (χ0n) is 13.4. The lowest BCUT2D eigenvalue weighted by Crippen LogP contribution is -2.33. The summed E-state index contributed by atoms with van der Waals surface area (Å²) in [5.41, 5.74) is 6.59. The maximum atomic E-state index is 12.6. The minimum absolute atomic E-state index is 0.135. The maximum Gasteiger partial charge on any atom is 0.264 e. The fourth-order valence-corrected chi connectivity index (χ4v) is 2.81. The summed E-state index contributed by atoms with van der Waals surface area (Å²) in [6.07, 6.45) is 2.09. The minimum Gasteiger partial charge on any atom is -0.398 e. The molecule has 0 spiro atoms. The molecule has 1 aromatic heterocycles. The molecular formula is C16H28N2OS. The van der Waals surface area contributed by atoms with Crippen LogP contribution in [0.3, 0.4) is 0 Å². The van der Waals surface area contributed by atoms with Crippen LogP contribution in [0.25, 0.3) is 0 Å². The number of thiophene rings is 1. The molecule has 2 N–H and O–H groups in total. The number of nitrogens with two attached hydrogens (primary N) is 1. The Balaban J connectivity index is 2.76. The summed E-state index contributed by atoms with van der Waals surface area (Å²) >= 11 is 1.50. The first kappa shape index (κ1) is 17.0. The van der Waals surface area contributed by atoms with Crippen LogP contribution < -0.4 is 5.73 Å². The van der Waals surface area contributed by atoms with Gasteiger partial charge in [-0.05, 0) is 37.7 Å². The molecule has 0 radical (unpaired) electrons. The molecular weight excluding hydrogens is 268 g/mol. The summed E-state index contributed by atoms with van der Waals surface area (Å²) in [6, 6.07) is 1.82. The summed E-state index contributed by atoms with van der Waals surface area (Å²) in [6.45, 7) is 12.4. The lowest BCUT2D eigenvalue weighted by molar-refractivity contribution is 0.0745. The lowest BCUT2D eigenvalue weighted by Gasteiger charge is -2.24. The van der Waals surface area contributed by atoms with Crippen molar-refractivity contribution in [2.45, 2.75) is 47.5 Å². The summed E-state index contributed by atoms with van der Waals surface area (Å²) in [7, 11) is 0. The number of amides is 1. The monoisotopic (exact) mass is 296 g/mol. The van der Waals surface area contributed by atoms with Gasteiger partial charge in [0.2, 0.25) is 0 Å². The first-order valence-corrected chi connectivity index (χ1v) is 8.28. The average molecular weight is 296 g/mol. The van der Waals surface area contributed by atoms with Crippen LogP contribution in [0.15, 0.2) is 6.07 Å². The Hall–Kier alpha value is -1.03. The van der Waals surface area contributed by atoms with Crippen molar-refractivity contribution in [3.63, 3.8) is 0 Å². The Labute approximate surface area is 127 Å². The average Bonchev–Trinajstić information content (AvgIpc) is 2.68. The molecule has 0 aromatic carbocycles. The number of hydrogen-bond donors (Lipinski definition) is 1. The number of rotatable bonds is 7. The van der Waals surface area contributed by atoms with Crippen molar-refractivity contribution >= 4 is 22.9 Å². The van der Waals surface area contributed by atoms with Crippen molar-refractivity contribution in [2.24, 2.45) is 11.8 Å². The van der Waals surface area contributed by atoms with Crippen LogP contribution >= 0.6 is 11.3 Å². The smallest absolute Gasteiger partial charge is 0.264 e. The SMILES string of the molecule is Cc1sc(C(=O)N(CCC(C)C)CCC(C)C)cc1N. The number of nitrogens with zero attached hydrogens (tertiary/aromatic N) is 1. The van der Waals surface area contributed by atoms with Crippen molar-refractivity contribution < 1.29 is 4.79 Å². The van der Waals surface area contributed by atoms with Gasteiger partial charge in [-0.15, -0.1) is 11.3 Å². The highest BCUT2D eigenvalue weighted by molar-refractivity contribution is 7.14. The standard InChI is InChI=1S/C16H28N2OS/c1-11(2)6-8-18(9-7-12(3)4)16(19)15-10-14(17)13(5)20-15/h10-12H,6-9,17H2,1-5H3. The zero-order chi connectivity index (χ0) is 15.3. The van der Waals surface area contributed by atoms with Gasteiger partial charge in [0, 0.05) is 23.7 Å². The number of anilines is 1. The lowest BCUT2D eigenvalue weighted by atomic mass is 10.1. The Kier molecular flexibility index (Phi) is 6.53. The molecule has 1 amide bonds. The number of carbonyl (C=O) groups excluding carboxylic acids is 1. The van der Waals surface area contributed by atoms with Crippen LogP contribution in [-0.2, 0) is 0 Å². The summed E-state index contributed by atoms with van der Waals surface area (Å²) in [5, 5.41) is 0. The molecule has 0 fully saturated rings. The molecule has 0 saturated heterocycles. The Morgan fingerprint density at radius 3 is 2.05 bits per heavy atom. The molecule has 0 aliphatic rings. The van der Waals surface area contributed by atoms with Gasteiger partial charge in [-0.2, -0.15) is 0 Å². The third-order valence-electron chi connectivity index (χ3n) is 3.41. The van der Waals surface area contributed by atoms with Crippen molar-refractivity contribution in [2.75, 3.05) is 18.8 Å². The Bertz CT molecular complexity index is 406. The third kappa shape index (κ3) is 5.16. The van der Waals surface area contributed by atoms with E-state index in [1.165, 1.54) is 11.3 Å². The van der Waals surface area contributed by atoms with E-state index in [2.05, 4.69) is 27.7 Å². The van der Waals surface area contributed by atoms with Gasteiger partial charge in [0.05, 0.1) is 4.88 Å². The molecule has 20 heavy (non-hydrogen) atoms. The largest absolute Gasteiger partial charge is 0.398 e. The van der Waals surface area contributed by atoms with Crippen LogP contribution in [0.4, 0.5) is 5.69 Å². The molecule has 4 heteroatoms. The first-order valence-electron chi connectivity index (χ1n) is 7.46. The van der Waals surface area contributed by atoms with E-state index in [-0.39, 0.29) is 5.91 Å². The quantitative estimate of drug-likeness (QED) is 0.820. The number of hydrogen-bond acceptors (Lipinski definition) is 3. The van der Waals surface area contributed by atoms with E-state index in [9.17, 15) is 4.79 Å². The van der Waals surface area contributed by atoms with Crippen LogP contribution in [0.1, 0.15) is 55.1 Å². The van der Waals surface area contributed by atoms with Crippen molar-refractivity contribution in [1.29, 1.82) is 0 Å². The highest BCUT2D eigenvalue weighted by atomic mass is 32.1. The highest BCUT2D eigenvalue weighted by Gasteiger charge is 2.19. The predicted octanol–water partition coefficient (Wildman–Crippen LogP) is 4.17. The van der Waals surface area contributed by atoms with Gasteiger partial charge in [-0.3, -0.25) is 4.79 Å². The molecule has 0 atom stereocenters. The molecule has 1 rings (SSSR count). The van der Waals surface area contributed by atoms with E-state index >= 15 is 0 Å². The van der Waals surface area contributed by atoms with Crippen molar-refractivity contribution in [3.8, 4) is 0 Å². The molecule has 0 aliphatic heterocycles. The van der Waals surface area contributed by atoms with E-state index in [1.54, 1.807) is 0 Å². The van der Waals surface area contributed by atoms with Gasteiger partial charge in [0.25, 0.3) is 5.91 Å². The van der Waals surface area contributed by atoms with E-state index < -0.39 is 0 Å². The highest BCUT2D eigenvalue weighted by Crippen LogP contribution is 2.25.